The second-order valence-corrected chi connectivity index (χ2v) is 4.15. The second kappa shape index (κ2) is 7.34. The highest BCUT2D eigenvalue weighted by Gasteiger charge is 2.18. The summed E-state index contributed by atoms with van der Waals surface area (Å²) >= 11 is 0. The van der Waals surface area contributed by atoms with E-state index in [0.717, 1.165) is 5.56 Å². The fraction of sp³-hybridized carbons (Fsp3) is 0.385. The van der Waals surface area contributed by atoms with Crippen LogP contribution in [0.3, 0.4) is 0 Å². The molecule has 4 N–H and O–H groups in total. The number of carbonyl (C=O) groups excluding carboxylic acids is 1. The van der Waals surface area contributed by atoms with Gasteiger partial charge in [-0.25, -0.2) is 4.79 Å². The van der Waals surface area contributed by atoms with Crippen molar-refractivity contribution in [2.24, 2.45) is 0 Å². The van der Waals surface area contributed by atoms with E-state index in [0.29, 0.717) is 12.2 Å². The van der Waals surface area contributed by atoms with Crippen LogP contribution in [0.15, 0.2) is 18.2 Å². The van der Waals surface area contributed by atoms with Crippen LogP contribution < -0.4 is 10.1 Å². The fourth-order valence-corrected chi connectivity index (χ4v) is 1.59. The Kier molecular flexibility index (Phi) is 5.79. The van der Waals surface area contributed by atoms with Crippen molar-refractivity contribution in [1.82, 2.24) is 5.32 Å². The number of amides is 1. The summed E-state index contributed by atoms with van der Waals surface area (Å²) in [5.41, 5.74) is 0.769. The van der Waals surface area contributed by atoms with Crippen molar-refractivity contribution in [3.8, 4) is 11.5 Å². The number of carboxylic acids is 1. The molecule has 0 bridgehead atoms. The van der Waals surface area contributed by atoms with E-state index in [4.69, 9.17) is 14.9 Å². The molecule has 0 aliphatic heterocycles. The first-order valence-corrected chi connectivity index (χ1v) is 5.96. The first-order chi connectivity index (χ1) is 9.47. The summed E-state index contributed by atoms with van der Waals surface area (Å²) in [6.07, 6.45) is 0.429. The van der Waals surface area contributed by atoms with Gasteiger partial charge in [-0.05, 0) is 24.1 Å². The molecule has 0 heterocycles. The first-order valence-electron chi connectivity index (χ1n) is 5.96. The number of hydrogen-bond donors (Lipinski definition) is 4. The van der Waals surface area contributed by atoms with Gasteiger partial charge in [-0.1, -0.05) is 6.07 Å². The van der Waals surface area contributed by atoms with Gasteiger partial charge < -0.3 is 25.4 Å². The van der Waals surface area contributed by atoms with E-state index < -0.39 is 24.5 Å². The van der Waals surface area contributed by atoms with Crippen LogP contribution in [0.2, 0.25) is 0 Å². The summed E-state index contributed by atoms with van der Waals surface area (Å²) in [4.78, 5) is 22.2. The van der Waals surface area contributed by atoms with E-state index in [1.807, 2.05) is 0 Å². The average Bonchev–Trinajstić information content (AvgIpc) is 2.43. The standard InChI is InChI=1S/C13H17NO6/c1-20-11-6-8(2-4-10(11)16)3-5-12(17)14-9(7-15)13(18)19/h2,4,6,9,15-16H,3,5,7H2,1H3,(H,14,17)(H,18,19). The molecular weight excluding hydrogens is 266 g/mol. The number of benzene rings is 1. The minimum Gasteiger partial charge on any atom is -0.504 e. The number of carboxylic acid groups (broad SMARTS) is 1. The summed E-state index contributed by atoms with van der Waals surface area (Å²) < 4.78 is 4.94. The van der Waals surface area contributed by atoms with Gasteiger partial charge in [0.2, 0.25) is 5.91 Å². The van der Waals surface area contributed by atoms with Gasteiger partial charge in [0, 0.05) is 6.42 Å². The molecule has 1 aromatic carbocycles. The highest BCUT2D eigenvalue weighted by atomic mass is 16.5. The third-order valence-corrected chi connectivity index (χ3v) is 2.70. The number of phenols is 1. The molecule has 0 saturated carbocycles. The summed E-state index contributed by atoms with van der Waals surface area (Å²) in [6.45, 7) is -0.659. The van der Waals surface area contributed by atoms with E-state index in [2.05, 4.69) is 5.32 Å². The van der Waals surface area contributed by atoms with E-state index in [-0.39, 0.29) is 12.2 Å². The summed E-state index contributed by atoms with van der Waals surface area (Å²) in [5.74, 6) is -1.45. The minimum atomic E-state index is -1.29. The van der Waals surface area contributed by atoms with Gasteiger partial charge in [0.15, 0.2) is 11.5 Å². The number of aromatic hydroxyl groups is 1. The van der Waals surface area contributed by atoms with Crippen LogP contribution in [0.25, 0.3) is 0 Å². The molecule has 0 aromatic heterocycles. The minimum absolute atomic E-state index is 0.00641. The Morgan fingerprint density at radius 3 is 2.65 bits per heavy atom. The molecule has 0 aliphatic rings. The summed E-state index contributed by atoms with van der Waals surface area (Å²) in [7, 11) is 1.42. The maximum atomic E-state index is 11.5. The van der Waals surface area contributed by atoms with E-state index in [1.165, 1.54) is 13.2 Å². The Hall–Kier alpha value is -2.28. The van der Waals surface area contributed by atoms with Gasteiger partial charge in [0.05, 0.1) is 13.7 Å². The maximum Gasteiger partial charge on any atom is 0.328 e. The third kappa shape index (κ3) is 4.43. The number of aryl methyl sites for hydroxylation is 1. The SMILES string of the molecule is COc1cc(CCC(=O)NC(CO)C(=O)O)ccc1O. The van der Waals surface area contributed by atoms with Gasteiger partial charge in [0.25, 0.3) is 0 Å². The Balaban J connectivity index is 2.54. The number of carbonyl (C=O) groups is 2. The number of phenolic OH excluding ortho intramolecular Hbond substituents is 1. The topological polar surface area (TPSA) is 116 Å². The monoisotopic (exact) mass is 283 g/mol. The van der Waals surface area contributed by atoms with Crippen LogP contribution in [-0.4, -0.2) is 47.0 Å². The zero-order chi connectivity index (χ0) is 15.1. The predicted octanol–water partition coefficient (Wildman–Crippen LogP) is -0.105. The van der Waals surface area contributed by atoms with E-state index >= 15 is 0 Å². The van der Waals surface area contributed by atoms with Crippen molar-refractivity contribution in [3.63, 3.8) is 0 Å². The highest BCUT2D eigenvalue weighted by molar-refractivity contribution is 5.83. The zero-order valence-electron chi connectivity index (χ0n) is 11.0. The fourth-order valence-electron chi connectivity index (χ4n) is 1.59. The molecule has 7 nitrogen and oxygen atoms in total. The zero-order valence-corrected chi connectivity index (χ0v) is 11.0. The first kappa shape index (κ1) is 15.8. The Morgan fingerprint density at radius 1 is 1.40 bits per heavy atom. The Labute approximate surface area is 115 Å². The third-order valence-electron chi connectivity index (χ3n) is 2.70. The molecule has 0 aliphatic carbocycles. The van der Waals surface area contributed by atoms with Crippen molar-refractivity contribution in [2.45, 2.75) is 18.9 Å². The van der Waals surface area contributed by atoms with Crippen molar-refractivity contribution < 1.29 is 29.6 Å². The molecule has 110 valence electrons. The highest BCUT2D eigenvalue weighted by Crippen LogP contribution is 2.26. The number of aliphatic carboxylic acids is 1. The number of methoxy groups -OCH3 is 1. The van der Waals surface area contributed by atoms with Crippen molar-refractivity contribution >= 4 is 11.9 Å². The van der Waals surface area contributed by atoms with Gasteiger partial charge >= 0.3 is 5.97 Å². The number of rotatable bonds is 7. The van der Waals surface area contributed by atoms with E-state index in [9.17, 15) is 14.7 Å². The molecule has 1 rings (SSSR count). The van der Waals surface area contributed by atoms with Gasteiger partial charge in [-0.3, -0.25) is 4.79 Å². The number of nitrogens with one attached hydrogen (secondary N) is 1. The van der Waals surface area contributed by atoms with Crippen LogP contribution in [0.4, 0.5) is 0 Å². The molecule has 0 fully saturated rings. The molecule has 0 radical (unpaired) electrons. The van der Waals surface area contributed by atoms with Crippen molar-refractivity contribution in [3.05, 3.63) is 23.8 Å². The van der Waals surface area contributed by atoms with Gasteiger partial charge in [0.1, 0.15) is 6.04 Å². The maximum absolute atomic E-state index is 11.5. The van der Waals surface area contributed by atoms with Crippen LogP contribution in [0.1, 0.15) is 12.0 Å². The lowest BCUT2D eigenvalue weighted by Gasteiger charge is -2.11. The summed E-state index contributed by atoms with van der Waals surface area (Å²) in [5, 5.41) is 29.1. The van der Waals surface area contributed by atoms with E-state index in [1.54, 1.807) is 12.1 Å². The Bertz CT molecular complexity index is 488. The predicted molar refractivity (Wildman–Crippen MR) is 69.6 cm³/mol. The second-order valence-electron chi connectivity index (χ2n) is 4.15. The number of aliphatic hydroxyl groups is 1. The molecule has 7 heteroatoms. The van der Waals surface area contributed by atoms with Crippen molar-refractivity contribution in [2.75, 3.05) is 13.7 Å². The Morgan fingerprint density at radius 2 is 2.10 bits per heavy atom. The van der Waals surface area contributed by atoms with Gasteiger partial charge in [-0.15, -0.1) is 0 Å². The summed E-state index contributed by atoms with van der Waals surface area (Å²) in [6, 6.07) is 3.41. The lowest BCUT2D eigenvalue weighted by Crippen LogP contribution is -2.43. The molecule has 1 unspecified atom stereocenters. The number of ether oxygens (including phenoxy) is 1. The molecule has 1 amide bonds. The van der Waals surface area contributed by atoms with Crippen LogP contribution in [0.5, 0.6) is 11.5 Å². The van der Waals surface area contributed by atoms with Crippen molar-refractivity contribution in [1.29, 1.82) is 0 Å². The van der Waals surface area contributed by atoms with Gasteiger partial charge in [-0.2, -0.15) is 0 Å². The number of hydrogen-bond acceptors (Lipinski definition) is 5. The molecular formula is C13H17NO6. The normalized spacial score (nSPS) is 11.7. The molecule has 1 atom stereocenters. The van der Waals surface area contributed by atoms with Crippen LogP contribution >= 0.6 is 0 Å². The smallest absolute Gasteiger partial charge is 0.328 e. The molecule has 20 heavy (non-hydrogen) atoms. The number of aliphatic hydroxyl groups excluding tert-OH is 1. The van der Waals surface area contributed by atoms with Crippen LogP contribution in [0, 0.1) is 0 Å². The molecule has 1 aromatic rings. The lowest BCUT2D eigenvalue weighted by molar-refractivity contribution is -0.142. The molecule has 0 spiro atoms. The molecule has 0 saturated heterocycles. The largest absolute Gasteiger partial charge is 0.504 e. The quantitative estimate of drug-likeness (QED) is 0.555. The lowest BCUT2D eigenvalue weighted by atomic mass is 10.1. The average molecular weight is 283 g/mol. The van der Waals surface area contributed by atoms with Crippen LogP contribution in [-0.2, 0) is 16.0 Å².